The molecule has 0 unspecified atom stereocenters. The first kappa shape index (κ1) is 8.56. The van der Waals surface area contributed by atoms with Crippen molar-refractivity contribution in [1.29, 1.82) is 0 Å². The predicted molar refractivity (Wildman–Crippen MR) is 55.9 cm³/mol. The van der Waals surface area contributed by atoms with Crippen molar-refractivity contribution in [2.75, 3.05) is 0 Å². The molecule has 4 heteroatoms. The molecule has 2 aromatic heterocycles. The number of nitrogens with zero attached hydrogens (tertiary/aromatic N) is 2. The van der Waals surface area contributed by atoms with Crippen molar-refractivity contribution in [2.24, 2.45) is 14.1 Å². The largest absolute Gasteiger partial charge is 0.349 e. The second kappa shape index (κ2) is 2.73. The Kier molecular flexibility index (Phi) is 1.80. The van der Waals surface area contributed by atoms with Crippen LogP contribution in [-0.2, 0) is 14.1 Å². The summed E-state index contributed by atoms with van der Waals surface area (Å²) in [6.45, 7) is 0. The minimum atomic E-state index is 0.0406. The Labute approximate surface area is 83.7 Å². The minimum Gasteiger partial charge on any atom is -0.349 e. The van der Waals surface area contributed by atoms with E-state index in [1.807, 2.05) is 23.9 Å². The topological polar surface area (TPSA) is 26.9 Å². The van der Waals surface area contributed by atoms with E-state index in [1.165, 1.54) is 0 Å². The van der Waals surface area contributed by atoms with Gasteiger partial charge in [0.05, 0.1) is 15.4 Å². The van der Waals surface area contributed by atoms with Crippen molar-refractivity contribution in [2.45, 2.75) is 0 Å². The Hall–Kier alpha value is -1.03. The second-order valence-corrected chi connectivity index (χ2v) is 3.94. The van der Waals surface area contributed by atoms with E-state index in [9.17, 15) is 4.79 Å². The van der Waals surface area contributed by atoms with Gasteiger partial charge in [0.2, 0.25) is 0 Å². The number of aromatic nitrogens is 2. The molecule has 68 valence electrons. The summed E-state index contributed by atoms with van der Waals surface area (Å²) in [5.41, 5.74) is 0.988. The van der Waals surface area contributed by atoms with Crippen molar-refractivity contribution in [1.82, 2.24) is 9.13 Å². The van der Waals surface area contributed by atoms with Crippen LogP contribution in [0.5, 0.6) is 0 Å². The van der Waals surface area contributed by atoms with Gasteiger partial charge < -0.3 is 9.13 Å². The molecule has 0 aliphatic rings. The summed E-state index contributed by atoms with van der Waals surface area (Å²) in [6, 6.07) is 1.84. The number of pyridine rings is 1. The molecule has 2 rings (SSSR count). The van der Waals surface area contributed by atoms with E-state index in [-0.39, 0.29) is 5.56 Å². The molecule has 0 amide bonds. The summed E-state index contributed by atoms with van der Waals surface area (Å²) in [5.74, 6) is 0. The average molecular weight is 241 g/mol. The van der Waals surface area contributed by atoms with E-state index >= 15 is 0 Å². The smallest absolute Gasteiger partial charge is 0.259 e. The van der Waals surface area contributed by atoms with Gasteiger partial charge in [0.25, 0.3) is 5.56 Å². The molecule has 0 radical (unpaired) electrons. The van der Waals surface area contributed by atoms with E-state index in [2.05, 4.69) is 15.9 Å². The van der Waals surface area contributed by atoms with E-state index in [4.69, 9.17) is 0 Å². The summed E-state index contributed by atoms with van der Waals surface area (Å²) >= 11 is 3.43. The summed E-state index contributed by atoms with van der Waals surface area (Å²) < 4.78 is 4.45. The maximum atomic E-state index is 11.6. The fourth-order valence-corrected chi connectivity index (χ4v) is 2.28. The Morgan fingerprint density at radius 3 is 2.69 bits per heavy atom. The van der Waals surface area contributed by atoms with E-state index in [1.54, 1.807) is 17.8 Å². The Morgan fingerprint density at radius 1 is 1.31 bits per heavy atom. The lowest BCUT2D eigenvalue weighted by Crippen LogP contribution is -2.15. The highest BCUT2D eigenvalue weighted by molar-refractivity contribution is 9.10. The van der Waals surface area contributed by atoms with E-state index in [0.29, 0.717) is 0 Å². The summed E-state index contributed by atoms with van der Waals surface area (Å²) in [4.78, 5) is 11.6. The van der Waals surface area contributed by atoms with Gasteiger partial charge in [-0.05, 0) is 22.0 Å². The SMILES string of the molecule is Cn1cc(Br)c2c(ccn2C)c1=O. The average Bonchev–Trinajstić information content (AvgIpc) is 2.44. The molecule has 0 bridgehead atoms. The number of rotatable bonds is 0. The first-order valence-corrected chi connectivity index (χ1v) is 4.70. The molecule has 0 saturated carbocycles. The van der Waals surface area contributed by atoms with Crippen LogP contribution in [0.15, 0.2) is 27.7 Å². The molecule has 0 aliphatic heterocycles. The Morgan fingerprint density at radius 2 is 2.00 bits per heavy atom. The van der Waals surface area contributed by atoms with Crippen LogP contribution in [0, 0.1) is 0 Å². The maximum absolute atomic E-state index is 11.6. The molecule has 2 heterocycles. The summed E-state index contributed by atoms with van der Waals surface area (Å²) in [6.07, 6.45) is 3.67. The van der Waals surface area contributed by atoms with Crippen LogP contribution in [0.4, 0.5) is 0 Å². The highest BCUT2D eigenvalue weighted by atomic mass is 79.9. The molecule has 2 aromatic rings. The van der Waals surface area contributed by atoms with Crippen LogP contribution in [0.25, 0.3) is 10.9 Å². The van der Waals surface area contributed by atoms with Gasteiger partial charge in [-0.1, -0.05) is 0 Å². The fraction of sp³-hybridized carbons (Fsp3) is 0.222. The summed E-state index contributed by atoms with van der Waals surface area (Å²) in [7, 11) is 3.67. The van der Waals surface area contributed by atoms with Gasteiger partial charge in [0, 0.05) is 26.5 Å². The van der Waals surface area contributed by atoms with Crippen LogP contribution in [-0.4, -0.2) is 9.13 Å². The van der Waals surface area contributed by atoms with Crippen LogP contribution in [0.2, 0.25) is 0 Å². The van der Waals surface area contributed by atoms with Crippen LogP contribution in [0.3, 0.4) is 0 Å². The molecule has 0 N–H and O–H groups in total. The van der Waals surface area contributed by atoms with Crippen molar-refractivity contribution >= 4 is 26.8 Å². The standard InChI is InChI=1S/C9H9BrN2O/c1-11-4-3-6-8(11)7(10)5-12(2)9(6)13/h3-5H,1-2H3. The molecular weight excluding hydrogens is 232 g/mol. The lowest BCUT2D eigenvalue weighted by molar-refractivity contribution is 0.864. The predicted octanol–water partition coefficient (Wildman–Crippen LogP) is 1.64. The first-order valence-electron chi connectivity index (χ1n) is 3.91. The Bertz CT molecular complexity index is 524. The Balaban J connectivity index is 3.08. The van der Waals surface area contributed by atoms with Crippen molar-refractivity contribution in [3.63, 3.8) is 0 Å². The molecule has 0 aliphatic carbocycles. The zero-order valence-corrected chi connectivity index (χ0v) is 9.00. The number of hydrogen-bond donors (Lipinski definition) is 0. The van der Waals surface area contributed by atoms with Gasteiger partial charge >= 0.3 is 0 Å². The minimum absolute atomic E-state index is 0.0406. The van der Waals surface area contributed by atoms with Gasteiger partial charge in [-0.3, -0.25) is 4.79 Å². The number of aryl methyl sites for hydroxylation is 2. The fourth-order valence-electron chi connectivity index (χ4n) is 1.48. The van der Waals surface area contributed by atoms with Crippen LogP contribution < -0.4 is 5.56 Å². The van der Waals surface area contributed by atoms with Gasteiger partial charge in [-0.2, -0.15) is 0 Å². The van der Waals surface area contributed by atoms with Crippen LogP contribution in [0.1, 0.15) is 0 Å². The first-order chi connectivity index (χ1) is 6.11. The van der Waals surface area contributed by atoms with Crippen LogP contribution >= 0.6 is 15.9 Å². The number of halogens is 1. The maximum Gasteiger partial charge on any atom is 0.259 e. The van der Waals surface area contributed by atoms with E-state index in [0.717, 1.165) is 15.4 Å². The third-order valence-corrected chi connectivity index (χ3v) is 2.74. The molecule has 0 saturated heterocycles. The molecule has 0 aromatic carbocycles. The normalized spacial score (nSPS) is 11.0. The lowest BCUT2D eigenvalue weighted by Gasteiger charge is -2.02. The number of hydrogen-bond acceptors (Lipinski definition) is 1. The molecule has 0 fully saturated rings. The highest BCUT2D eigenvalue weighted by Crippen LogP contribution is 2.20. The van der Waals surface area contributed by atoms with Gasteiger partial charge in [0.15, 0.2) is 0 Å². The molecule has 3 nitrogen and oxygen atoms in total. The molecular formula is C9H9BrN2O. The lowest BCUT2D eigenvalue weighted by atomic mass is 10.3. The van der Waals surface area contributed by atoms with Gasteiger partial charge in [-0.15, -0.1) is 0 Å². The monoisotopic (exact) mass is 240 g/mol. The van der Waals surface area contributed by atoms with Crippen molar-refractivity contribution < 1.29 is 0 Å². The molecule has 0 atom stereocenters. The van der Waals surface area contributed by atoms with Crippen molar-refractivity contribution in [3.05, 3.63) is 33.3 Å². The van der Waals surface area contributed by atoms with E-state index < -0.39 is 0 Å². The van der Waals surface area contributed by atoms with Gasteiger partial charge in [0.1, 0.15) is 0 Å². The zero-order valence-electron chi connectivity index (χ0n) is 7.41. The van der Waals surface area contributed by atoms with Crippen molar-refractivity contribution in [3.8, 4) is 0 Å². The number of fused-ring (bicyclic) bond motifs is 1. The highest BCUT2D eigenvalue weighted by Gasteiger charge is 2.07. The zero-order chi connectivity index (χ0) is 9.59. The molecule has 0 spiro atoms. The summed E-state index contributed by atoms with van der Waals surface area (Å²) in [5, 5.41) is 0.749. The van der Waals surface area contributed by atoms with Gasteiger partial charge in [-0.25, -0.2) is 0 Å². The third kappa shape index (κ3) is 1.13. The second-order valence-electron chi connectivity index (χ2n) is 3.08. The molecule has 13 heavy (non-hydrogen) atoms. The third-order valence-electron chi connectivity index (χ3n) is 2.16. The quantitative estimate of drug-likeness (QED) is 0.688.